The molecule has 1 heterocycles. The Bertz CT molecular complexity index is 486. The van der Waals surface area contributed by atoms with Gasteiger partial charge in [0.2, 0.25) is 5.91 Å². The predicted octanol–water partition coefficient (Wildman–Crippen LogP) is 2.32. The van der Waals surface area contributed by atoms with Crippen LogP contribution in [0.4, 0.5) is 0 Å². The van der Waals surface area contributed by atoms with Gasteiger partial charge in [-0.2, -0.15) is 11.8 Å². The van der Waals surface area contributed by atoms with Crippen LogP contribution in [0.5, 0.6) is 0 Å². The number of hydrogen-bond donors (Lipinski definition) is 1. The number of rotatable bonds is 5. The molecule has 2 N–H and O–H groups in total. The van der Waals surface area contributed by atoms with E-state index in [-0.39, 0.29) is 12.0 Å². The molecule has 0 unspecified atom stereocenters. The van der Waals surface area contributed by atoms with Crippen molar-refractivity contribution in [3.05, 3.63) is 34.9 Å². The molecule has 0 aliphatic carbocycles. The third-order valence-corrected chi connectivity index (χ3v) is 4.57. The molecule has 1 aromatic rings. The summed E-state index contributed by atoms with van der Waals surface area (Å²) in [4.78, 5) is 14.2. The Morgan fingerprint density at radius 2 is 2.33 bits per heavy atom. The summed E-state index contributed by atoms with van der Waals surface area (Å²) in [5, 5.41) is 0.670. The first-order valence-electron chi connectivity index (χ1n) is 7.02. The zero-order valence-corrected chi connectivity index (χ0v) is 13.7. The van der Waals surface area contributed by atoms with Crippen LogP contribution in [0.2, 0.25) is 5.02 Å². The van der Waals surface area contributed by atoms with Gasteiger partial charge in [-0.3, -0.25) is 4.79 Å². The van der Waals surface area contributed by atoms with Crippen LogP contribution in [0.3, 0.4) is 0 Å². The second-order valence-corrected chi connectivity index (χ2v) is 6.45. The van der Waals surface area contributed by atoms with Gasteiger partial charge < -0.3 is 15.4 Å². The molecule has 4 nitrogen and oxygen atoms in total. The number of hydrogen-bond acceptors (Lipinski definition) is 4. The Kier molecular flexibility index (Phi) is 6.36. The summed E-state index contributed by atoms with van der Waals surface area (Å²) in [6.07, 6.45) is 2.54. The van der Waals surface area contributed by atoms with Crippen molar-refractivity contribution in [1.82, 2.24) is 4.90 Å². The fourth-order valence-electron chi connectivity index (χ4n) is 2.38. The lowest BCUT2D eigenvalue weighted by Gasteiger charge is -2.34. The number of carbonyl (C=O) groups is 1. The molecular weight excluding hydrogens is 308 g/mol. The third-order valence-electron chi connectivity index (χ3n) is 3.58. The topological polar surface area (TPSA) is 55.6 Å². The summed E-state index contributed by atoms with van der Waals surface area (Å²) < 4.78 is 5.76. The van der Waals surface area contributed by atoms with Gasteiger partial charge in [0, 0.05) is 17.1 Å². The molecular formula is C15H21ClN2O2S. The molecule has 2 atom stereocenters. The van der Waals surface area contributed by atoms with Crippen LogP contribution in [0.25, 0.3) is 0 Å². The second-order valence-electron chi connectivity index (χ2n) is 5.05. The Morgan fingerprint density at radius 1 is 1.57 bits per heavy atom. The van der Waals surface area contributed by atoms with E-state index in [1.165, 1.54) is 0 Å². The minimum atomic E-state index is -0.428. The molecule has 1 fully saturated rings. The van der Waals surface area contributed by atoms with Gasteiger partial charge in [-0.15, -0.1) is 0 Å². The standard InChI is InChI=1S/C15H21ClN2O2S/c1-21-9-6-13(17)15(19)18-7-8-20-14(10-18)11-4-2-3-5-12(11)16/h2-5,13-14H,6-10,17H2,1H3/t13-,14+/m1/s1. The van der Waals surface area contributed by atoms with Crippen molar-refractivity contribution in [1.29, 1.82) is 0 Å². The summed E-state index contributed by atoms with van der Waals surface area (Å²) in [7, 11) is 0. The first kappa shape index (κ1) is 16.6. The Balaban J connectivity index is 2.00. The number of nitrogens with zero attached hydrogens (tertiary/aromatic N) is 1. The van der Waals surface area contributed by atoms with Crippen LogP contribution in [-0.4, -0.2) is 48.6 Å². The van der Waals surface area contributed by atoms with Crippen LogP contribution in [0.1, 0.15) is 18.1 Å². The average Bonchev–Trinajstić information content (AvgIpc) is 2.52. The SMILES string of the molecule is CSCC[C@@H](N)C(=O)N1CCO[C@H](c2ccccc2Cl)C1. The molecule has 0 bridgehead atoms. The molecule has 1 saturated heterocycles. The van der Waals surface area contributed by atoms with E-state index < -0.39 is 6.04 Å². The molecule has 0 radical (unpaired) electrons. The predicted molar refractivity (Wildman–Crippen MR) is 87.7 cm³/mol. The Morgan fingerprint density at radius 3 is 3.05 bits per heavy atom. The second kappa shape index (κ2) is 8.03. The minimum Gasteiger partial charge on any atom is -0.370 e. The Hall–Kier alpha value is -0.750. The van der Waals surface area contributed by atoms with Crippen LogP contribution in [0, 0.1) is 0 Å². The monoisotopic (exact) mass is 328 g/mol. The van der Waals surface area contributed by atoms with Crippen LogP contribution in [-0.2, 0) is 9.53 Å². The third kappa shape index (κ3) is 4.36. The molecule has 21 heavy (non-hydrogen) atoms. The lowest BCUT2D eigenvalue weighted by molar-refractivity contribution is -0.140. The quantitative estimate of drug-likeness (QED) is 0.901. The maximum absolute atomic E-state index is 12.4. The summed E-state index contributed by atoms with van der Waals surface area (Å²) in [6, 6.07) is 7.16. The van der Waals surface area contributed by atoms with E-state index in [1.807, 2.05) is 30.5 Å². The van der Waals surface area contributed by atoms with Gasteiger partial charge in [0.25, 0.3) is 0 Å². The summed E-state index contributed by atoms with van der Waals surface area (Å²) in [5.41, 5.74) is 6.90. The van der Waals surface area contributed by atoms with E-state index in [0.29, 0.717) is 31.1 Å². The van der Waals surface area contributed by atoms with Crippen molar-refractivity contribution < 1.29 is 9.53 Å². The van der Waals surface area contributed by atoms with E-state index in [0.717, 1.165) is 11.3 Å². The minimum absolute atomic E-state index is 0.00408. The number of morpholine rings is 1. The number of amides is 1. The fraction of sp³-hybridized carbons (Fsp3) is 0.533. The van der Waals surface area contributed by atoms with E-state index >= 15 is 0 Å². The highest BCUT2D eigenvalue weighted by Gasteiger charge is 2.29. The van der Waals surface area contributed by atoms with Crippen molar-refractivity contribution in [2.24, 2.45) is 5.73 Å². The first-order chi connectivity index (χ1) is 10.1. The maximum atomic E-state index is 12.4. The molecule has 0 spiro atoms. The van der Waals surface area contributed by atoms with Gasteiger partial charge in [0.05, 0.1) is 19.2 Å². The molecule has 0 saturated carbocycles. The summed E-state index contributed by atoms with van der Waals surface area (Å²) in [5.74, 6) is 0.898. The molecule has 6 heteroatoms. The van der Waals surface area contributed by atoms with Gasteiger partial charge in [0.15, 0.2) is 0 Å². The largest absolute Gasteiger partial charge is 0.370 e. The number of thioether (sulfide) groups is 1. The van der Waals surface area contributed by atoms with Gasteiger partial charge in [-0.25, -0.2) is 0 Å². The molecule has 1 aliphatic rings. The lowest BCUT2D eigenvalue weighted by atomic mass is 10.1. The van der Waals surface area contributed by atoms with Crippen LogP contribution >= 0.6 is 23.4 Å². The zero-order valence-electron chi connectivity index (χ0n) is 12.1. The first-order valence-corrected chi connectivity index (χ1v) is 8.80. The van der Waals surface area contributed by atoms with Crippen molar-refractivity contribution in [3.63, 3.8) is 0 Å². The van der Waals surface area contributed by atoms with Crippen molar-refractivity contribution >= 4 is 29.3 Å². The van der Waals surface area contributed by atoms with Crippen LogP contribution < -0.4 is 5.73 Å². The summed E-state index contributed by atoms with van der Waals surface area (Å²) in [6.45, 7) is 1.61. The molecule has 2 rings (SSSR count). The lowest BCUT2D eigenvalue weighted by Crippen LogP contribution is -2.49. The number of nitrogens with two attached hydrogens (primary N) is 1. The number of halogens is 1. The highest BCUT2D eigenvalue weighted by molar-refractivity contribution is 7.98. The number of ether oxygens (including phenoxy) is 1. The van der Waals surface area contributed by atoms with Gasteiger partial charge in [-0.1, -0.05) is 29.8 Å². The Labute approximate surface area is 135 Å². The number of carbonyl (C=O) groups excluding carboxylic acids is 1. The van der Waals surface area contributed by atoms with Gasteiger partial charge in [-0.05, 0) is 24.5 Å². The van der Waals surface area contributed by atoms with Crippen LogP contribution in [0.15, 0.2) is 24.3 Å². The van der Waals surface area contributed by atoms with Crippen molar-refractivity contribution in [3.8, 4) is 0 Å². The fourth-order valence-corrected chi connectivity index (χ4v) is 3.12. The summed E-state index contributed by atoms with van der Waals surface area (Å²) >= 11 is 7.91. The molecule has 1 amide bonds. The zero-order chi connectivity index (χ0) is 15.2. The molecule has 0 aromatic heterocycles. The van der Waals surface area contributed by atoms with E-state index in [1.54, 1.807) is 16.7 Å². The molecule has 1 aromatic carbocycles. The van der Waals surface area contributed by atoms with E-state index in [9.17, 15) is 4.79 Å². The smallest absolute Gasteiger partial charge is 0.239 e. The number of benzene rings is 1. The van der Waals surface area contributed by atoms with E-state index in [2.05, 4.69) is 0 Å². The molecule has 116 valence electrons. The van der Waals surface area contributed by atoms with Crippen molar-refractivity contribution in [2.45, 2.75) is 18.6 Å². The van der Waals surface area contributed by atoms with Gasteiger partial charge >= 0.3 is 0 Å². The maximum Gasteiger partial charge on any atom is 0.239 e. The van der Waals surface area contributed by atoms with Gasteiger partial charge in [0.1, 0.15) is 6.10 Å². The average molecular weight is 329 g/mol. The van der Waals surface area contributed by atoms with E-state index in [4.69, 9.17) is 22.1 Å². The normalized spacial score (nSPS) is 20.3. The highest BCUT2D eigenvalue weighted by atomic mass is 35.5. The molecule has 1 aliphatic heterocycles. The highest BCUT2D eigenvalue weighted by Crippen LogP contribution is 2.28. The van der Waals surface area contributed by atoms with Crippen molar-refractivity contribution in [2.75, 3.05) is 31.7 Å².